The molecule has 1 saturated carbocycles. The van der Waals surface area contributed by atoms with Crippen LogP contribution in [0.5, 0.6) is 0 Å². The first-order valence-electron chi connectivity index (χ1n) is 6.38. The number of aliphatic hydroxyl groups excluding tert-OH is 1. The molecule has 1 amide bonds. The van der Waals surface area contributed by atoms with Gasteiger partial charge in [-0.1, -0.05) is 0 Å². The van der Waals surface area contributed by atoms with Gasteiger partial charge in [-0.3, -0.25) is 4.79 Å². The zero-order valence-electron chi connectivity index (χ0n) is 10.6. The molecule has 2 N–H and O–H groups in total. The van der Waals surface area contributed by atoms with Gasteiger partial charge < -0.3 is 15.3 Å². The van der Waals surface area contributed by atoms with Crippen molar-refractivity contribution < 1.29 is 9.90 Å². The molecule has 1 aliphatic rings. The molecule has 2 rings (SSSR count). The average molecular weight is 249 g/mol. The fraction of sp³-hybridized carbons (Fsp3) is 0.538. The van der Waals surface area contributed by atoms with Gasteiger partial charge in [-0.25, -0.2) is 4.98 Å². The highest BCUT2D eigenvalue weighted by Crippen LogP contribution is 2.28. The highest BCUT2D eigenvalue weighted by molar-refractivity contribution is 5.95. The Kier molecular flexibility index (Phi) is 4.15. The van der Waals surface area contributed by atoms with Gasteiger partial charge in [-0.05, 0) is 31.9 Å². The minimum absolute atomic E-state index is 0.00733. The van der Waals surface area contributed by atoms with Gasteiger partial charge in [0.25, 0.3) is 5.91 Å². The molecule has 0 unspecified atom stereocenters. The Balaban J connectivity index is 2.13. The summed E-state index contributed by atoms with van der Waals surface area (Å²) in [6.07, 6.45) is 3.71. The van der Waals surface area contributed by atoms with E-state index < -0.39 is 0 Å². The highest BCUT2D eigenvalue weighted by Gasteiger charge is 2.32. The quantitative estimate of drug-likeness (QED) is 0.792. The highest BCUT2D eigenvalue weighted by atomic mass is 16.3. The summed E-state index contributed by atoms with van der Waals surface area (Å²) in [5, 5.41) is 12.1. The summed E-state index contributed by atoms with van der Waals surface area (Å²) in [6.45, 7) is 3.17. The number of aliphatic hydroxyl groups is 1. The number of nitrogens with zero attached hydrogens (tertiary/aromatic N) is 2. The third-order valence-corrected chi connectivity index (χ3v) is 2.95. The van der Waals surface area contributed by atoms with E-state index in [-0.39, 0.29) is 12.5 Å². The molecule has 1 aliphatic carbocycles. The Bertz CT molecular complexity index is 418. The Morgan fingerprint density at radius 1 is 1.61 bits per heavy atom. The smallest absolute Gasteiger partial charge is 0.254 e. The van der Waals surface area contributed by atoms with Crippen LogP contribution in [0.1, 0.15) is 30.1 Å². The molecular formula is C13H19N3O2. The molecule has 18 heavy (non-hydrogen) atoms. The number of carbonyl (C=O) groups is 1. The largest absolute Gasteiger partial charge is 0.395 e. The van der Waals surface area contributed by atoms with Crippen LogP contribution in [0.15, 0.2) is 18.3 Å². The maximum absolute atomic E-state index is 12.3. The Morgan fingerprint density at radius 3 is 3.00 bits per heavy atom. The van der Waals surface area contributed by atoms with Crippen LogP contribution >= 0.6 is 0 Å². The number of rotatable bonds is 6. The van der Waals surface area contributed by atoms with Crippen molar-refractivity contribution in [2.75, 3.05) is 25.0 Å². The summed E-state index contributed by atoms with van der Waals surface area (Å²) in [5.41, 5.74) is 0.626. The van der Waals surface area contributed by atoms with Gasteiger partial charge in [0.2, 0.25) is 0 Å². The van der Waals surface area contributed by atoms with Crippen molar-refractivity contribution in [1.29, 1.82) is 0 Å². The van der Waals surface area contributed by atoms with Crippen molar-refractivity contribution >= 4 is 11.7 Å². The normalized spacial score (nSPS) is 14.3. The van der Waals surface area contributed by atoms with E-state index in [1.807, 2.05) is 6.92 Å². The maximum atomic E-state index is 12.3. The monoisotopic (exact) mass is 249 g/mol. The van der Waals surface area contributed by atoms with Gasteiger partial charge in [-0.2, -0.15) is 0 Å². The molecule has 1 fully saturated rings. The fourth-order valence-electron chi connectivity index (χ4n) is 1.95. The minimum atomic E-state index is -0.0203. The second kappa shape index (κ2) is 5.82. The van der Waals surface area contributed by atoms with Gasteiger partial charge in [0.05, 0.1) is 6.61 Å². The molecule has 0 bridgehead atoms. The molecule has 5 heteroatoms. The summed E-state index contributed by atoms with van der Waals surface area (Å²) in [4.78, 5) is 18.2. The lowest BCUT2D eigenvalue weighted by molar-refractivity contribution is 0.0707. The number of nitrogens with one attached hydrogen (secondary N) is 1. The molecule has 98 valence electrons. The molecule has 0 spiro atoms. The molecule has 0 saturated heterocycles. The third-order valence-electron chi connectivity index (χ3n) is 2.95. The van der Waals surface area contributed by atoms with Gasteiger partial charge in [0.15, 0.2) is 0 Å². The summed E-state index contributed by atoms with van der Waals surface area (Å²) in [5.74, 6) is 0.691. The van der Waals surface area contributed by atoms with Crippen LogP contribution in [0.4, 0.5) is 5.82 Å². The zero-order chi connectivity index (χ0) is 13.0. The lowest BCUT2D eigenvalue weighted by atomic mass is 10.2. The lowest BCUT2D eigenvalue weighted by Crippen LogP contribution is -2.35. The van der Waals surface area contributed by atoms with Crippen LogP contribution in [0.2, 0.25) is 0 Å². The van der Waals surface area contributed by atoms with Crippen molar-refractivity contribution in [1.82, 2.24) is 9.88 Å². The fourth-order valence-corrected chi connectivity index (χ4v) is 1.95. The first-order valence-corrected chi connectivity index (χ1v) is 6.38. The van der Waals surface area contributed by atoms with E-state index in [1.165, 1.54) is 0 Å². The van der Waals surface area contributed by atoms with Crippen LogP contribution < -0.4 is 5.32 Å². The number of aromatic nitrogens is 1. The molecule has 0 atom stereocenters. The van der Waals surface area contributed by atoms with Gasteiger partial charge in [0.1, 0.15) is 5.82 Å². The van der Waals surface area contributed by atoms with Crippen LogP contribution in [-0.4, -0.2) is 46.6 Å². The summed E-state index contributed by atoms with van der Waals surface area (Å²) in [6, 6.07) is 3.79. The number of amides is 1. The SMILES string of the molecule is CCNc1cc(C(=O)N(CCO)C2CC2)ccn1. The van der Waals surface area contributed by atoms with E-state index in [0.29, 0.717) is 24.0 Å². The summed E-state index contributed by atoms with van der Waals surface area (Å²) < 4.78 is 0. The van der Waals surface area contributed by atoms with E-state index in [1.54, 1.807) is 23.2 Å². The summed E-state index contributed by atoms with van der Waals surface area (Å²) >= 11 is 0. The molecule has 5 nitrogen and oxygen atoms in total. The van der Waals surface area contributed by atoms with Crippen LogP contribution in [0.25, 0.3) is 0 Å². The molecular weight excluding hydrogens is 230 g/mol. The van der Waals surface area contributed by atoms with E-state index in [9.17, 15) is 4.79 Å². The van der Waals surface area contributed by atoms with Crippen molar-refractivity contribution in [3.05, 3.63) is 23.9 Å². The Hall–Kier alpha value is -1.62. The molecule has 1 aromatic rings. The van der Waals surface area contributed by atoms with E-state index in [0.717, 1.165) is 19.4 Å². The Morgan fingerprint density at radius 2 is 2.39 bits per heavy atom. The van der Waals surface area contributed by atoms with E-state index in [4.69, 9.17) is 5.11 Å². The first-order chi connectivity index (χ1) is 8.76. The molecule has 1 aromatic heterocycles. The number of hydrogen-bond acceptors (Lipinski definition) is 4. The number of pyridine rings is 1. The molecule has 0 radical (unpaired) electrons. The second-order valence-corrected chi connectivity index (χ2v) is 4.41. The minimum Gasteiger partial charge on any atom is -0.395 e. The van der Waals surface area contributed by atoms with Crippen LogP contribution in [0.3, 0.4) is 0 Å². The standard InChI is InChI=1S/C13H19N3O2/c1-2-14-12-9-10(5-6-15-12)13(18)16(7-8-17)11-3-4-11/h5-6,9,11,17H,2-4,7-8H2,1H3,(H,14,15). The van der Waals surface area contributed by atoms with E-state index >= 15 is 0 Å². The van der Waals surface area contributed by atoms with Crippen molar-refractivity contribution in [3.63, 3.8) is 0 Å². The maximum Gasteiger partial charge on any atom is 0.254 e. The predicted molar refractivity (Wildman–Crippen MR) is 69.5 cm³/mol. The third kappa shape index (κ3) is 2.98. The first kappa shape index (κ1) is 12.8. The topological polar surface area (TPSA) is 65.5 Å². The van der Waals surface area contributed by atoms with Crippen molar-refractivity contribution in [3.8, 4) is 0 Å². The molecule has 0 aliphatic heterocycles. The average Bonchev–Trinajstić information content (AvgIpc) is 3.20. The van der Waals surface area contributed by atoms with Gasteiger partial charge in [-0.15, -0.1) is 0 Å². The molecule has 0 aromatic carbocycles. The van der Waals surface area contributed by atoms with Crippen molar-refractivity contribution in [2.24, 2.45) is 0 Å². The van der Waals surface area contributed by atoms with Gasteiger partial charge in [0, 0.05) is 30.9 Å². The number of anilines is 1. The van der Waals surface area contributed by atoms with Gasteiger partial charge >= 0.3 is 0 Å². The summed E-state index contributed by atoms with van der Waals surface area (Å²) in [7, 11) is 0. The predicted octanol–water partition coefficient (Wildman–Crippen LogP) is 1.11. The Labute approximate surface area is 107 Å². The second-order valence-electron chi connectivity index (χ2n) is 4.41. The van der Waals surface area contributed by atoms with Crippen molar-refractivity contribution in [2.45, 2.75) is 25.8 Å². The lowest BCUT2D eigenvalue weighted by Gasteiger charge is -2.21. The van der Waals surface area contributed by atoms with Crippen LogP contribution in [0, 0.1) is 0 Å². The van der Waals surface area contributed by atoms with Crippen LogP contribution in [-0.2, 0) is 0 Å². The zero-order valence-corrected chi connectivity index (χ0v) is 10.6. The number of hydrogen-bond donors (Lipinski definition) is 2. The van der Waals surface area contributed by atoms with E-state index in [2.05, 4.69) is 10.3 Å². The number of carbonyl (C=O) groups excluding carboxylic acids is 1. The molecule has 1 heterocycles.